The molecule has 0 aliphatic heterocycles. The van der Waals surface area contributed by atoms with Gasteiger partial charge in [0, 0.05) is 5.39 Å². The zero-order valence-electron chi connectivity index (χ0n) is 7.62. The number of carbonyl (C=O) groups excluding carboxylic acids is 1. The summed E-state index contributed by atoms with van der Waals surface area (Å²) in [6, 6.07) is 9.58. The van der Waals surface area contributed by atoms with Crippen LogP contribution in [0.25, 0.3) is 10.9 Å². The first-order valence-corrected chi connectivity index (χ1v) is 5.04. The number of pyridine rings is 1. The van der Waals surface area contributed by atoms with Gasteiger partial charge in [0.15, 0.2) is 5.78 Å². The molecule has 2 nitrogen and oxygen atoms in total. The van der Waals surface area contributed by atoms with Crippen molar-refractivity contribution in [3.05, 3.63) is 40.5 Å². The van der Waals surface area contributed by atoms with E-state index in [-0.39, 0.29) is 5.78 Å². The SMILES string of the molecule is CC(=O)c1cc2ccccc2nc1Br. The molecule has 0 bridgehead atoms. The number of nitrogens with zero attached hydrogens (tertiary/aromatic N) is 1. The zero-order chi connectivity index (χ0) is 10.1. The number of carbonyl (C=O) groups is 1. The highest BCUT2D eigenvalue weighted by Crippen LogP contribution is 2.20. The van der Waals surface area contributed by atoms with Crippen LogP contribution in [-0.2, 0) is 0 Å². The van der Waals surface area contributed by atoms with Gasteiger partial charge in [-0.05, 0) is 35.0 Å². The van der Waals surface area contributed by atoms with Gasteiger partial charge in [0.25, 0.3) is 0 Å². The van der Waals surface area contributed by atoms with Crippen LogP contribution >= 0.6 is 15.9 Å². The van der Waals surface area contributed by atoms with Crippen molar-refractivity contribution in [1.29, 1.82) is 0 Å². The molecule has 1 heterocycles. The van der Waals surface area contributed by atoms with Gasteiger partial charge in [-0.15, -0.1) is 0 Å². The predicted octanol–water partition coefficient (Wildman–Crippen LogP) is 3.20. The Labute approximate surface area is 90.1 Å². The van der Waals surface area contributed by atoms with Crippen molar-refractivity contribution < 1.29 is 4.79 Å². The maximum atomic E-state index is 11.2. The Morgan fingerprint density at radius 1 is 1.36 bits per heavy atom. The Morgan fingerprint density at radius 2 is 2.07 bits per heavy atom. The lowest BCUT2D eigenvalue weighted by atomic mass is 10.1. The standard InChI is InChI=1S/C11H8BrNO/c1-7(14)9-6-8-4-2-3-5-10(8)13-11(9)12/h2-6H,1H3. The van der Waals surface area contributed by atoms with E-state index in [0.29, 0.717) is 10.2 Å². The largest absolute Gasteiger partial charge is 0.294 e. The zero-order valence-corrected chi connectivity index (χ0v) is 9.21. The lowest BCUT2D eigenvalue weighted by molar-refractivity contribution is 0.101. The summed E-state index contributed by atoms with van der Waals surface area (Å²) in [5.74, 6) is 0.0233. The molecule has 0 spiro atoms. The molecule has 0 N–H and O–H groups in total. The molecule has 70 valence electrons. The molecule has 0 aliphatic rings. The Kier molecular flexibility index (Phi) is 2.33. The topological polar surface area (TPSA) is 30.0 Å². The summed E-state index contributed by atoms with van der Waals surface area (Å²) in [6.45, 7) is 1.54. The molecule has 0 fully saturated rings. The monoisotopic (exact) mass is 249 g/mol. The predicted molar refractivity (Wildman–Crippen MR) is 59.4 cm³/mol. The number of aromatic nitrogens is 1. The quantitative estimate of drug-likeness (QED) is 0.574. The van der Waals surface area contributed by atoms with Crippen molar-refractivity contribution in [2.24, 2.45) is 0 Å². The first-order valence-electron chi connectivity index (χ1n) is 4.25. The van der Waals surface area contributed by atoms with Gasteiger partial charge < -0.3 is 0 Å². The summed E-state index contributed by atoms with van der Waals surface area (Å²) in [7, 11) is 0. The third kappa shape index (κ3) is 1.55. The summed E-state index contributed by atoms with van der Waals surface area (Å²) < 4.78 is 0.615. The van der Waals surface area contributed by atoms with Crippen LogP contribution in [0.2, 0.25) is 0 Å². The van der Waals surface area contributed by atoms with E-state index < -0.39 is 0 Å². The van der Waals surface area contributed by atoms with E-state index in [1.165, 1.54) is 6.92 Å². The minimum atomic E-state index is 0.0233. The van der Waals surface area contributed by atoms with Gasteiger partial charge in [-0.3, -0.25) is 4.79 Å². The van der Waals surface area contributed by atoms with Gasteiger partial charge in [0.05, 0.1) is 11.1 Å². The van der Waals surface area contributed by atoms with Gasteiger partial charge >= 0.3 is 0 Å². The second-order valence-corrected chi connectivity index (χ2v) is 3.83. The first-order chi connectivity index (χ1) is 6.68. The summed E-state index contributed by atoms with van der Waals surface area (Å²) in [4.78, 5) is 15.5. The summed E-state index contributed by atoms with van der Waals surface area (Å²) in [5.41, 5.74) is 1.52. The van der Waals surface area contributed by atoms with Crippen molar-refractivity contribution in [1.82, 2.24) is 4.98 Å². The van der Waals surface area contributed by atoms with E-state index in [9.17, 15) is 4.79 Å². The molecule has 0 unspecified atom stereocenters. The maximum absolute atomic E-state index is 11.2. The van der Waals surface area contributed by atoms with Gasteiger partial charge in [0.2, 0.25) is 0 Å². The van der Waals surface area contributed by atoms with Gasteiger partial charge in [-0.1, -0.05) is 18.2 Å². The van der Waals surface area contributed by atoms with E-state index in [1.54, 1.807) is 0 Å². The van der Waals surface area contributed by atoms with E-state index >= 15 is 0 Å². The van der Waals surface area contributed by atoms with Crippen molar-refractivity contribution in [3.63, 3.8) is 0 Å². The molecule has 0 amide bonds. The number of fused-ring (bicyclic) bond motifs is 1. The summed E-state index contributed by atoms with van der Waals surface area (Å²) in [6.07, 6.45) is 0. The molecule has 2 aromatic rings. The van der Waals surface area contributed by atoms with Crippen LogP contribution in [0.15, 0.2) is 34.9 Å². The normalized spacial score (nSPS) is 10.4. The van der Waals surface area contributed by atoms with E-state index in [1.807, 2.05) is 30.3 Å². The fourth-order valence-electron chi connectivity index (χ4n) is 1.34. The third-order valence-electron chi connectivity index (χ3n) is 2.06. The Balaban J connectivity index is 2.77. The van der Waals surface area contributed by atoms with Crippen LogP contribution in [0.5, 0.6) is 0 Å². The molecule has 1 aromatic heterocycles. The fourth-order valence-corrected chi connectivity index (χ4v) is 1.92. The van der Waals surface area contributed by atoms with E-state index in [0.717, 1.165) is 10.9 Å². The lowest BCUT2D eigenvalue weighted by Gasteiger charge is -2.02. The molecule has 0 saturated carbocycles. The molecule has 2 rings (SSSR count). The van der Waals surface area contributed by atoms with Crippen molar-refractivity contribution >= 4 is 32.6 Å². The van der Waals surface area contributed by atoms with Crippen molar-refractivity contribution in [3.8, 4) is 0 Å². The molecule has 0 radical (unpaired) electrons. The molecule has 1 aromatic carbocycles. The Morgan fingerprint density at radius 3 is 2.79 bits per heavy atom. The number of Topliss-reactive ketones (excluding diaryl/α,β-unsaturated/α-hetero) is 1. The minimum absolute atomic E-state index is 0.0233. The van der Waals surface area contributed by atoms with Crippen LogP contribution in [0.1, 0.15) is 17.3 Å². The minimum Gasteiger partial charge on any atom is -0.294 e. The highest BCUT2D eigenvalue weighted by molar-refractivity contribution is 9.10. The average molecular weight is 250 g/mol. The number of hydrogen-bond acceptors (Lipinski definition) is 2. The van der Waals surface area contributed by atoms with Crippen molar-refractivity contribution in [2.45, 2.75) is 6.92 Å². The molecule has 0 saturated heterocycles. The molecular formula is C11H8BrNO. The van der Waals surface area contributed by atoms with Crippen LogP contribution in [0.3, 0.4) is 0 Å². The lowest BCUT2D eigenvalue weighted by Crippen LogP contribution is -1.96. The number of rotatable bonds is 1. The fraction of sp³-hybridized carbons (Fsp3) is 0.0909. The number of para-hydroxylation sites is 1. The summed E-state index contributed by atoms with van der Waals surface area (Å²) in [5, 5.41) is 0.987. The van der Waals surface area contributed by atoms with Crippen LogP contribution in [0.4, 0.5) is 0 Å². The number of ketones is 1. The highest BCUT2D eigenvalue weighted by atomic mass is 79.9. The van der Waals surface area contributed by atoms with Crippen LogP contribution in [-0.4, -0.2) is 10.8 Å². The van der Waals surface area contributed by atoms with Gasteiger partial charge in [0.1, 0.15) is 4.60 Å². The number of benzene rings is 1. The average Bonchev–Trinajstić information content (AvgIpc) is 2.16. The van der Waals surface area contributed by atoms with E-state index in [4.69, 9.17) is 0 Å². The van der Waals surface area contributed by atoms with Crippen LogP contribution in [0, 0.1) is 0 Å². The molecule has 14 heavy (non-hydrogen) atoms. The maximum Gasteiger partial charge on any atom is 0.162 e. The van der Waals surface area contributed by atoms with Gasteiger partial charge in [-0.2, -0.15) is 0 Å². The van der Waals surface area contributed by atoms with Crippen molar-refractivity contribution in [2.75, 3.05) is 0 Å². The third-order valence-corrected chi connectivity index (χ3v) is 2.66. The molecular weight excluding hydrogens is 242 g/mol. The molecule has 3 heteroatoms. The molecule has 0 aliphatic carbocycles. The Hall–Kier alpha value is -1.22. The second kappa shape index (κ2) is 3.50. The Bertz CT molecular complexity index is 508. The smallest absolute Gasteiger partial charge is 0.162 e. The number of hydrogen-bond donors (Lipinski definition) is 0. The first kappa shape index (κ1) is 9.34. The second-order valence-electron chi connectivity index (χ2n) is 3.08. The van der Waals surface area contributed by atoms with E-state index in [2.05, 4.69) is 20.9 Å². The van der Waals surface area contributed by atoms with Crippen LogP contribution < -0.4 is 0 Å². The highest BCUT2D eigenvalue weighted by Gasteiger charge is 2.07. The van der Waals surface area contributed by atoms with Gasteiger partial charge in [-0.25, -0.2) is 4.98 Å². The summed E-state index contributed by atoms with van der Waals surface area (Å²) >= 11 is 3.29. The molecule has 0 atom stereocenters. The number of halogens is 1.